The largest absolute Gasteiger partial charge is 0.352 e. The van der Waals surface area contributed by atoms with E-state index in [0.29, 0.717) is 12.6 Å². The van der Waals surface area contributed by atoms with E-state index in [9.17, 15) is 0 Å². The zero-order chi connectivity index (χ0) is 13.4. The van der Waals surface area contributed by atoms with Gasteiger partial charge in [0.2, 0.25) is 0 Å². The van der Waals surface area contributed by atoms with Crippen molar-refractivity contribution in [2.45, 2.75) is 58.5 Å². The van der Waals surface area contributed by atoms with Gasteiger partial charge in [0.25, 0.3) is 0 Å². The van der Waals surface area contributed by atoms with E-state index in [2.05, 4.69) is 28.9 Å². The molecule has 2 aliphatic rings. The minimum absolute atomic E-state index is 0.578. The van der Waals surface area contributed by atoms with Crippen molar-refractivity contribution in [2.24, 2.45) is 11.7 Å². The van der Waals surface area contributed by atoms with Gasteiger partial charge in [-0.15, -0.1) is 5.10 Å². The van der Waals surface area contributed by atoms with Crippen LogP contribution in [0.2, 0.25) is 0 Å². The fourth-order valence-corrected chi connectivity index (χ4v) is 3.87. The first-order chi connectivity index (χ1) is 9.28. The Morgan fingerprint density at radius 1 is 1.16 bits per heavy atom. The highest BCUT2D eigenvalue weighted by Gasteiger charge is 2.39. The predicted octanol–water partition coefficient (Wildman–Crippen LogP) is 2.05. The fourth-order valence-electron chi connectivity index (χ4n) is 3.87. The third-order valence-corrected chi connectivity index (χ3v) is 4.82. The summed E-state index contributed by atoms with van der Waals surface area (Å²) in [6.45, 7) is 6.06. The summed E-state index contributed by atoms with van der Waals surface area (Å²) in [6, 6.07) is 0.682. The maximum atomic E-state index is 6.02. The minimum atomic E-state index is 0.578. The maximum Gasteiger partial charge on any atom is 0.156 e. The van der Waals surface area contributed by atoms with E-state index >= 15 is 0 Å². The van der Waals surface area contributed by atoms with Gasteiger partial charge in [-0.3, -0.25) is 0 Å². The number of anilines is 1. The summed E-state index contributed by atoms with van der Waals surface area (Å²) in [5, 5.41) is 8.98. The Labute approximate surface area is 115 Å². The van der Waals surface area contributed by atoms with Crippen LogP contribution in [0.5, 0.6) is 0 Å². The molecule has 2 atom stereocenters. The summed E-state index contributed by atoms with van der Waals surface area (Å²) < 4.78 is 0. The lowest BCUT2D eigenvalue weighted by Crippen LogP contribution is -2.34. The lowest BCUT2D eigenvalue weighted by Gasteiger charge is -2.30. The molecule has 2 unspecified atom stereocenters. The Balaban J connectivity index is 2.01. The van der Waals surface area contributed by atoms with Crippen LogP contribution >= 0.6 is 0 Å². The van der Waals surface area contributed by atoms with Crippen molar-refractivity contribution in [1.82, 2.24) is 10.2 Å². The number of aryl methyl sites for hydroxylation is 1. The van der Waals surface area contributed by atoms with Crippen molar-refractivity contribution in [3.05, 3.63) is 16.8 Å². The summed E-state index contributed by atoms with van der Waals surface area (Å²) in [4.78, 5) is 2.47. The second-order valence-corrected chi connectivity index (χ2v) is 5.82. The van der Waals surface area contributed by atoms with E-state index in [1.165, 1.54) is 30.4 Å². The number of aromatic nitrogens is 2. The standard InChI is InChI=1S/C15H24N4/c1-3-12-13(8-16)15(18-17-14(12)4-2)19-9-10-5-6-11(19)7-10/h10-11H,3-9,16H2,1-2H3. The average molecular weight is 260 g/mol. The van der Waals surface area contributed by atoms with E-state index in [-0.39, 0.29) is 0 Å². The van der Waals surface area contributed by atoms with Crippen LogP contribution in [-0.4, -0.2) is 22.8 Å². The normalized spacial score (nSPS) is 25.3. The molecule has 1 aliphatic heterocycles. The Hall–Kier alpha value is -1.16. The summed E-state index contributed by atoms with van der Waals surface area (Å²) in [6.07, 6.45) is 5.98. The van der Waals surface area contributed by atoms with Crippen molar-refractivity contribution in [3.8, 4) is 0 Å². The van der Waals surface area contributed by atoms with Crippen LogP contribution in [0.1, 0.15) is 49.9 Å². The van der Waals surface area contributed by atoms with Crippen molar-refractivity contribution < 1.29 is 0 Å². The summed E-state index contributed by atoms with van der Waals surface area (Å²) in [5.74, 6) is 1.94. The van der Waals surface area contributed by atoms with Crippen LogP contribution in [0.3, 0.4) is 0 Å². The highest BCUT2D eigenvalue weighted by molar-refractivity contribution is 5.53. The summed E-state index contributed by atoms with van der Waals surface area (Å²) >= 11 is 0. The molecule has 2 fully saturated rings. The van der Waals surface area contributed by atoms with E-state index in [1.54, 1.807) is 0 Å². The van der Waals surface area contributed by atoms with Gasteiger partial charge >= 0.3 is 0 Å². The molecular weight excluding hydrogens is 236 g/mol. The van der Waals surface area contributed by atoms with Crippen LogP contribution in [0.4, 0.5) is 5.82 Å². The van der Waals surface area contributed by atoms with Gasteiger partial charge in [0.05, 0.1) is 5.69 Å². The molecule has 1 saturated carbocycles. The molecule has 0 aromatic carbocycles. The molecule has 0 radical (unpaired) electrons. The topological polar surface area (TPSA) is 55.0 Å². The first-order valence-electron chi connectivity index (χ1n) is 7.62. The average Bonchev–Trinajstić information content (AvgIpc) is 3.07. The van der Waals surface area contributed by atoms with E-state index in [0.717, 1.165) is 36.8 Å². The smallest absolute Gasteiger partial charge is 0.156 e. The maximum absolute atomic E-state index is 6.02. The van der Waals surface area contributed by atoms with Gasteiger partial charge in [-0.25, -0.2) is 0 Å². The van der Waals surface area contributed by atoms with Gasteiger partial charge in [0.1, 0.15) is 0 Å². The zero-order valence-electron chi connectivity index (χ0n) is 12.0. The minimum Gasteiger partial charge on any atom is -0.352 e. The number of hydrogen-bond donors (Lipinski definition) is 1. The monoisotopic (exact) mass is 260 g/mol. The lowest BCUT2D eigenvalue weighted by atomic mass is 10.0. The van der Waals surface area contributed by atoms with Gasteiger partial charge in [-0.05, 0) is 43.6 Å². The van der Waals surface area contributed by atoms with Crippen molar-refractivity contribution in [2.75, 3.05) is 11.4 Å². The number of hydrogen-bond acceptors (Lipinski definition) is 4. The zero-order valence-corrected chi connectivity index (χ0v) is 12.0. The molecule has 0 spiro atoms. The molecule has 2 bridgehead atoms. The number of rotatable bonds is 4. The molecule has 4 heteroatoms. The van der Waals surface area contributed by atoms with Gasteiger partial charge in [0.15, 0.2) is 5.82 Å². The number of nitrogens with zero attached hydrogens (tertiary/aromatic N) is 3. The second-order valence-electron chi connectivity index (χ2n) is 5.82. The Morgan fingerprint density at radius 3 is 2.53 bits per heavy atom. The molecular formula is C15H24N4. The molecule has 3 rings (SSSR count). The Bertz CT molecular complexity index is 471. The third-order valence-electron chi connectivity index (χ3n) is 4.82. The molecule has 4 nitrogen and oxygen atoms in total. The van der Waals surface area contributed by atoms with Gasteiger partial charge in [-0.2, -0.15) is 5.10 Å². The lowest BCUT2D eigenvalue weighted by molar-refractivity contribution is 0.546. The molecule has 2 heterocycles. The number of piperidine rings is 1. The quantitative estimate of drug-likeness (QED) is 0.900. The van der Waals surface area contributed by atoms with Crippen LogP contribution in [-0.2, 0) is 19.4 Å². The first-order valence-corrected chi connectivity index (χ1v) is 7.62. The van der Waals surface area contributed by atoms with E-state index < -0.39 is 0 Å². The molecule has 2 N–H and O–H groups in total. The predicted molar refractivity (Wildman–Crippen MR) is 77.2 cm³/mol. The molecule has 104 valence electrons. The first kappa shape index (κ1) is 12.9. The van der Waals surface area contributed by atoms with E-state index in [4.69, 9.17) is 5.73 Å². The summed E-state index contributed by atoms with van der Waals surface area (Å²) in [7, 11) is 0. The molecule has 19 heavy (non-hydrogen) atoms. The van der Waals surface area contributed by atoms with Gasteiger partial charge in [-0.1, -0.05) is 13.8 Å². The third kappa shape index (κ3) is 2.02. The van der Waals surface area contributed by atoms with Crippen LogP contribution < -0.4 is 10.6 Å². The number of nitrogens with two attached hydrogens (primary N) is 1. The highest BCUT2D eigenvalue weighted by Crippen LogP contribution is 2.40. The van der Waals surface area contributed by atoms with E-state index in [1.807, 2.05) is 0 Å². The SMILES string of the molecule is CCc1nnc(N2CC3CCC2C3)c(CN)c1CC. The highest BCUT2D eigenvalue weighted by atomic mass is 15.3. The van der Waals surface area contributed by atoms with Crippen molar-refractivity contribution >= 4 is 5.82 Å². The van der Waals surface area contributed by atoms with Crippen LogP contribution in [0, 0.1) is 5.92 Å². The molecule has 1 aromatic rings. The van der Waals surface area contributed by atoms with Gasteiger partial charge in [0, 0.05) is 24.7 Å². The second kappa shape index (κ2) is 5.08. The molecule has 1 saturated heterocycles. The fraction of sp³-hybridized carbons (Fsp3) is 0.733. The van der Waals surface area contributed by atoms with Crippen molar-refractivity contribution in [3.63, 3.8) is 0 Å². The number of fused-ring (bicyclic) bond motifs is 2. The Morgan fingerprint density at radius 2 is 2.00 bits per heavy atom. The molecule has 1 aromatic heterocycles. The van der Waals surface area contributed by atoms with Crippen LogP contribution in [0.15, 0.2) is 0 Å². The van der Waals surface area contributed by atoms with Crippen molar-refractivity contribution in [1.29, 1.82) is 0 Å². The summed E-state index contributed by atoms with van der Waals surface area (Å²) in [5.41, 5.74) is 9.71. The molecule has 1 aliphatic carbocycles. The van der Waals surface area contributed by atoms with Crippen LogP contribution in [0.25, 0.3) is 0 Å². The van der Waals surface area contributed by atoms with Gasteiger partial charge < -0.3 is 10.6 Å². The Kier molecular flexibility index (Phi) is 3.44. The molecule has 0 amide bonds.